The second kappa shape index (κ2) is 5.38. The monoisotopic (exact) mass is 335 g/mol. The molecule has 1 aliphatic carbocycles. The van der Waals surface area contributed by atoms with Crippen molar-refractivity contribution in [1.29, 1.82) is 0 Å². The fraction of sp³-hybridized carbons (Fsp3) is 0.615. The van der Waals surface area contributed by atoms with Gasteiger partial charge in [-0.05, 0) is 25.0 Å². The van der Waals surface area contributed by atoms with Crippen molar-refractivity contribution in [1.82, 2.24) is 9.29 Å². The normalized spacial score (nSPS) is 21.1. The molecule has 9 heteroatoms. The summed E-state index contributed by atoms with van der Waals surface area (Å²) in [4.78, 5) is 5.32. The molecule has 0 spiro atoms. The van der Waals surface area contributed by atoms with Gasteiger partial charge in [0.2, 0.25) is 10.0 Å². The van der Waals surface area contributed by atoms with E-state index in [1.54, 1.807) is 4.90 Å². The molecule has 1 aromatic heterocycles. The van der Waals surface area contributed by atoms with Crippen LogP contribution in [0.2, 0.25) is 0 Å². The first-order chi connectivity index (χ1) is 10.3. The maximum absolute atomic E-state index is 12.7. The first kappa shape index (κ1) is 15.5. The maximum atomic E-state index is 12.7. The number of nitrogens with zero attached hydrogens (tertiary/aromatic N) is 3. The number of sulfonamides is 1. The summed E-state index contributed by atoms with van der Waals surface area (Å²) in [5.74, 6) is 0.235. The molecule has 1 saturated heterocycles. The summed E-state index contributed by atoms with van der Waals surface area (Å²) in [5.41, 5.74) is -0.932. The molecule has 22 heavy (non-hydrogen) atoms. The predicted molar refractivity (Wildman–Crippen MR) is 75.0 cm³/mol. The van der Waals surface area contributed by atoms with Gasteiger partial charge in [-0.2, -0.15) is 17.5 Å². The minimum absolute atomic E-state index is 0.235. The molecule has 1 aromatic rings. The summed E-state index contributed by atoms with van der Waals surface area (Å²) in [7, 11) is -3.22. The highest BCUT2D eigenvalue weighted by Gasteiger charge is 2.41. The van der Waals surface area contributed by atoms with E-state index >= 15 is 0 Å². The molecule has 0 aromatic carbocycles. The van der Waals surface area contributed by atoms with Gasteiger partial charge in [0.05, 0.1) is 5.25 Å². The Morgan fingerprint density at radius 1 is 1.09 bits per heavy atom. The average Bonchev–Trinajstić information content (AvgIpc) is 3.32. The highest BCUT2D eigenvalue weighted by Crippen LogP contribution is 2.32. The Morgan fingerprint density at radius 3 is 2.27 bits per heavy atom. The lowest BCUT2D eigenvalue weighted by Gasteiger charge is -2.34. The van der Waals surface area contributed by atoms with Crippen LogP contribution < -0.4 is 4.90 Å². The molecule has 0 bridgehead atoms. The number of aromatic nitrogens is 1. The zero-order valence-corrected chi connectivity index (χ0v) is 12.6. The van der Waals surface area contributed by atoms with Crippen molar-refractivity contribution < 1.29 is 21.6 Å². The molecule has 5 nitrogen and oxygen atoms in total. The molecule has 2 heterocycles. The van der Waals surface area contributed by atoms with Crippen LogP contribution in [0.3, 0.4) is 0 Å². The van der Waals surface area contributed by atoms with Gasteiger partial charge in [0.1, 0.15) is 11.5 Å². The number of hydrogen-bond acceptors (Lipinski definition) is 4. The number of hydrogen-bond donors (Lipinski definition) is 0. The van der Waals surface area contributed by atoms with E-state index in [2.05, 4.69) is 4.98 Å². The molecule has 2 aliphatic rings. The number of pyridine rings is 1. The summed E-state index contributed by atoms with van der Waals surface area (Å²) in [5, 5.41) is -0.259. The van der Waals surface area contributed by atoms with E-state index in [9.17, 15) is 21.6 Å². The minimum Gasteiger partial charge on any atom is -0.354 e. The SMILES string of the molecule is O=S(=O)(C1CC1)N1CCN(c2cccc(C(F)(F)F)n2)CC1. The van der Waals surface area contributed by atoms with E-state index < -0.39 is 21.9 Å². The van der Waals surface area contributed by atoms with Crippen molar-refractivity contribution in [3.63, 3.8) is 0 Å². The van der Waals surface area contributed by atoms with Gasteiger partial charge in [-0.15, -0.1) is 0 Å². The molecule has 1 saturated carbocycles. The smallest absolute Gasteiger partial charge is 0.354 e. The van der Waals surface area contributed by atoms with Crippen molar-refractivity contribution in [2.75, 3.05) is 31.1 Å². The molecule has 0 amide bonds. The molecular weight excluding hydrogens is 319 g/mol. The van der Waals surface area contributed by atoms with Crippen molar-refractivity contribution in [3.8, 4) is 0 Å². The average molecular weight is 335 g/mol. The fourth-order valence-corrected chi connectivity index (χ4v) is 4.33. The lowest BCUT2D eigenvalue weighted by atomic mass is 10.3. The van der Waals surface area contributed by atoms with Gasteiger partial charge in [0.15, 0.2) is 0 Å². The third-order valence-corrected chi connectivity index (χ3v) is 6.29. The van der Waals surface area contributed by atoms with Crippen LogP contribution in [-0.2, 0) is 16.2 Å². The minimum atomic E-state index is -4.48. The van der Waals surface area contributed by atoms with E-state index in [4.69, 9.17) is 0 Å². The van der Waals surface area contributed by atoms with Crippen LogP contribution in [0.15, 0.2) is 18.2 Å². The molecule has 0 unspecified atom stereocenters. The fourth-order valence-electron chi connectivity index (χ4n) is 2.51. The largest absolute Gasteiger partial charge is 0.433 e. The lowest BCUT2D eigenvalue weighted by molar-refractivity contribution is -0.141. The highest BCUT2D eigenvalue weighted by atomic mass is 32.2. The van der Waals surface area contributed by atoms with E-state index in [-0.39, 0.29) is 24.2 Å². The first-order valence-electron chi connectivity index (χ1n) is 7.06. The second-order valence-electron chi connectivity index (χ2n) is 5.51. The van der Waals surface area contributed by atoms with Gasteiger partial charge in [-0.1, -0.05) is 6.07 Å². The van der Waals surface area contributed by atoms with Crippen LogP contribution in [0.5, 0.6) is 0 Å². The predicted octanol–water partition coefficient (Wildman–Crippen LogP) is 1.71. The van der Waals surface area contributed by atoms with E-state index in [1.165, 1.54) is 16.4 Å². The van der Waals surface area contributed by atoms with Gasteiger partial charge in [-0.3, -0.25) is 0 Å². The van der Waals surface area contributed by atoms with Crippen LogP contribution in [0.1, 0.15) is 18.5 Å². The molecule has 0 radical (unpaired) electrons. The molecule has 1 aliphatic heterocycles. The van der Waals surface area contributed by atoms with E-state index in [0.29, 0.717) is 25.9 Å². The number of halogens is 3. The number of anilines is 1. The quantitative estimate of drug-likeness (QED) is 0.844. The van der Waals surface area contributed by atoms with Gasteiger partial charge >= 0.3 is 6.18 Å². The van der Waals surface area contributed by atoms with Gasteiger partial charge in [0.25, 0.3) is 0 Å². The Bertz CT molecular complexity index is 651. The lowest BCUT2D eigenvalue weighted by Crippen LogP contribution is -2.49. The summed E-state index contributed by atoms with van der Waals surface area (Å²) in [6.07, 6.45) is -3.07. The number of alkyl halides is 3. The topological polar surface area (TPSA) is 53.5 Å². The Kier molecular flexibility index (Phi) is 3.80. The van der Waals surface area contributed by atoms with Crippen LogP contribution in [-0.4, -0.2) is 49.1 Å². The number of rotatable bonds is 3. The van der Waals surface area contributed by atoms with Gasteiger partial charge in [-0.25, -0.2) is 13.4 Å². The molecular formula is C13H16F3N3O2S. The van der Waals surface area contributed by atoms with Crippen molar-refractivity contribution in [2.24, 2.45) is 0 Å². The van der Waals surface area contributed by atoms with Crippen LogP contribution in [0, 0.1) is 0 Å². The molecule has 2 fully saturated rings. The van der Waals surface area contributed by atoms with Crippen molar-refractivity contribution >= 4 is 15.8 Å². The van der Waals surface area contributed by atoms with Crippen LogP contribution in [0.4, 0.5) is 19.0 Å². The molecule has 3 rings (SSSR count). The summed E-state index contributed by atoms with van der Waals surface area (Å²) in [6.45, 7) is 1.27. The van der Waals surface area contributed by atoms with Crippen molar-refractivity contribution in [3.05, 3.63) is 23.9 Å². The zero-order valence-electron chi connectivity index (χ0n) is 11.8. The Hall–Kier alpha value is -1.35. The Labute approximate surface area is 126 Å². The summed E-state index contributed by atoms with van der Waals surface area (Å²) < 4.78 is 63.7. The van der Waals surface area contributed by atoms with Crippen LogP contribution in [0.25, 0.3) is 0 Å². The third-order valence-electron chi connectivity index (χ3n) is 3.89. The second-order valence-corrected chi connectivity index (χ2v) is 7.72. The Balaban J connectivity index is 1.69. The highest BCUT2D eigenvalue weighted by molar-refractivity contribution is 7.90. The zero-order chi connectivity index (χ0) is 16.0. The molecule has 122 valence electrons. The Morgan fingerprint density at radius 2 is 1.73 bits per heavy atom. The van der Waals surface area contributed by atoms with Crippen LogP contribution >= 0.6 is 0 Å². The molecule has 0 N–H and O–H groups in total. The van der Waals surface area contributed by atoms with Gasteiger partial charge < -0.3 is 4.90 Å². The standard InChI is InChI=1S/C13H16F3N3O2S/c14-13(15,16)11-2-1-3-12(17-11)18-6-8-19(9-7-18)22(20,21)10-4-5-10/h1-3,10H,4-9H2. The molecule has 0 atom stereocenters. The van der Waals surface area contributed by atoms with E-state index in [0.717, 1.165) is 6.07 Å². The van der Waals surface area contributed by atoms with Gasteiger partial charge in [0, 0.05) is 26.2 Å². The number of piperazine rings is 1. The summed E-state index contributed by atoms with van der Waals surface area (Å²) in [6, 6.07) is 3.76. The first-order valence-corrected chi connectivity index (χ1v) is 8.57. The maximum Gasteiger partial charge on any atom is 0.433 e. The third kappa shape index (κ3) is 3.05. The van der Waals surface area contributed by atoms with Crippen molar-refractivity contribution in [2.45, 2.75) is 24.3 Å². The summed E-state index contributed by atoms with van der Waals surface area (Å²) >= 11 is 0. The van der Waals surface area contributed by atoms with E-state index in [1.807, 2.05) is 0 Å².